The van der Waals surface area contributed by atoms with Crippen molar-refractivity contribution in [3.8, 4) is 5.75 Å². The summed E-state index contributed by atoms with van der Waals surface area (Å²) in [4.78, 5) is 0. The first-order chi connectivity index (χ1) is 6.65. The van der Waals surface area contributed by atoms with Crippen LogP contribution in [0.25, 0.3) is 10.9 Å². The Morgan fingerprint density at radius 1 is 1.43 bits per heavy atom. The van der Waals surface area contributed by atoms with Gasteiger partial charge in [-0.2, -0.15) is 5.10 Å². The van der Waals surface area contributed by atoms with Crippen molar-refractivity contribution < 1.29 is 4.74 Å². The van der Waals surface area contributed by atoms with Crippen molar-refractivity contribution in [3.63, 3.8) is 0 Å². The molecule has 4 heteroatoms. The monoisotopic (exact) mass is 191 g/mol. The predicted octanol–water partition coefficient (Wildman–Crippen LogP) is 1.47. The van der Waals surface area contributed by atoms with Gasteiger partial charge in [0.05, 0.1) is 24.0 Å². The maximum atomic E-state index is 5.97. The number of ether oxygens (including phenoxy) is 1. The molecule has 0 amide bonds. The van der Waals surface area contributed by atoms with Crippen molar-refractivity contribution in [2.24, 2.45) is 7.05 Å². The van der Waals surface area contributed by atoms with E-state index in [1.165, 1.54) is 0 Å². The third-order valence-electron chi connectivity index (χ3n) is 2.41. The smallest absolute Gasteiger partial charge is 0.142 e. The summed E-state index contributed by atoms with van der Waals surface area (Å²) in [5.74, 6) is 0.702. The minimum Gasteiger partial charge on any atom is -0.495 e. The molecule has 0 aliphatic carbocycles. The minimum absolute atomic E-state index is 0.663. The van der Waals surface area contributed by atoms with Gasteiger partial charge in [-0.15, -0.1) is 0 Å². The first kappa shape index (κ1) is 8.87. The van der Waals surface area contributed by atoms with Crippen molar-refractivity contribution in [1.82, 2.24) is 9.78 Å². The lowest BCUT2D eigenvalue weighted by Gasteiger charge is -2.05. The average molecular weight is 191 g/mol. The summed E-state index contributed by atoms with van der Waals surface area (Å²) in [5, 5.41) is 5.29. The number of anilines is 1. The molecule has 1 heterocycles. The molecule has 74 valence electrons. The molecule has 14 heavy (non-hydrogen) atoms. The normalized spacial score (nSPS) is 10.8. The Labute approximate surface area is 82.3 Å². The van der Waals surface area contributed by atoms with E-state index in [1.807, 2.05) is 30.8 Å². The lowest BCUT2D eigenvalue weighted by atomic mass is 10.1. The Morgan fingerprint density at radius 2 is 2.14 bits per heavy atom. The summed E-state index contributed by atoms with van der Waals surface area (Å²) in [7, 11) is 3.52. The lowest BCUT2D eigenvalue weighted by molar-refractivity contribution is 0.417. The highest BCUT2D eigenvalue weighted by molar-refractivity contribution is 5.95. The number of hydrogen-bond donors (Lipinski definition) is 1. The van der Waals surface area contributed by atoms with Crippen LogP contribution in [0.3, 0.4) is 0 Å². The van der Waals surface area contributed by atoms with Gasteiger partial charge in [0, 0.05) is 12.4 Å². The quantitative estimate of drug-likeness (QED) is 0.694. The molecule has 0 spiro atoms. The van der Waals surface area contributed by atoms with Crippen LogP contribution in [0.4, 0.5) is 5.69 Å². The summed E-state index contributed by atoms with van der Waals surface area (Å²) < 4.78 is 6.98. The summed E-state index contributed by atoms with van der Waals surface area (Å²) in [6, 6.07) is 3.82. The Balaban J connectivity index is 2.87. The van der Waals surface area contributed by atoms with Gasteiger partial charge in [-0.05, 0) is 19.1 Å². The van der Waals surface area contributed by atoms with Gasteiger partial charge in [-0.3, -0.25) is 4.68 Å². The minimum atomic E-state index is 0.663. The number of benzene rings is 1. The Kier molecular flexibility index (Phi) is 1.84. The molecular formula is C10H13N3O. The molecule has 4 nitrogen and oxygen atoms in total. The standard InChI is InChI=1S/C10H13N3O/c1-6-9-7(13(2)12-6)4-5-8(14-3)10(9)11/h4-5H,11H2,1-3H3. The van der Waals surface area contributed by atoms with Gasteiger partial charge in [0.2, 0.25) is 0 Å². The van der Waals surface area contributed by atoms with Crippen LogP contribution in [0.5, 0.6) is 5.75 Å². The van der Waals surface area contributed by atoms with Crippen molar-refractivity contribution in [1.29, 1.82) is 0 Å². The zero-order valence-corrected chi connectivity index (χ0v) is 8.53. The third-order valence-corrected chi connectivity index (χ3v) is 2.41. The number of nitrogens with two attached hydrogens (primary N) is 1. The van der Waals surface area contributed by atoms with E-state index < -0.39 is 0 Å². The third kappa shape index (κ3) is 1.04. The van der Waals surface area contributed by atoms with Gasteiger partial charge in [-0.1, -0.05) is 0 Å². The molecule has 0 fully saturated rings. The van der Waals surface area contributed by atoms with Crippen LogP contribution in [0.1, 0.15) is 5.69 Å². The van der Waals surface area contributed by atoms with Gasteiger partial charge in [-0.25, -0.2) is 0 Å². The van der Waals surface area contributed by atoms with Gasteiger partial charge < -0.3 is 10.5 Å². The largest absolute Gasteiger partial charge is 0.495 e. The Morgan fingerprint density at radius 3 is 2.79 bits per heavy atom. The van der Waals surface area contributed by atoms with E-state index in [-0.39, 0.29) is 0 Å². The second kappa shape index (κ2) is 2.90. The second-order valence-electron chi connectivity index (χ2n) is 3.28. The van der Waals surface area contributed by atoms with Crippen LogP contribution in [0, 0.1) is 6.92 Å². The van der Waals surface area contributed by atoms with Crippen molar-refractivity contribution in [2.75, 3.05) is 12.8 Å². The zero-order valence-electron chi connectivity index (χ0n) is 8.53. The molecule has 1 aromatic carbocycles. The lowest BCUT2D eigenvalue weighted by Crippen LogP contribution is -1.94. The Bertz CT molecular complexity index is 488. The molecule has 0 aliphatic rings. The van der Waals surface area contributed by atoms with Crippen LogP contribution >= 0.6 is 0 Å². The highest BCUT2D eigenvalue weighted by Crippen LogP contribution is 2.31. The summed E-state index contributed by atoms with van der Waals surface area (Å²) in [6.07, 6.45) is 0. The highest BCUT2D eigenvalue weighted by atomic mass is 16.5. The van der Waals surface area contributed by atoms with Crippen molar-refractivity contribution in [3.05, 3.63) is 17.8 Å². The van der Waals surface area contributed by atoms with Crippen molar-refractivity contribution >= 4 is 16.6 Å². The van der Waals surface area contributed by atoms with Gasteiger partial charge in [0.1, 0.15) is 5.75 Å². The van der Waals surface area contributed by atoms with E-state index in [2.05, 4.69) is 5.10 Å². The second-order valence-corrected chi connectivity index (χ2v) is 3.28. The summed E-state index contributed by atoms with van der Waals surface area (Å²) in [5.41, 5.74) is 8.59. The van der Waals surface area contributed by atoms with Gasteiger partial charge in [0.25, 0.3) is 0 Å². The molecule has 2 N–H and O–H groups in total. The number of aromatic nitrogens is 2. The fourth-order valence-electron chi connectivity index (χ4n) is 1.75. The van der Waals surface area contributed by atoms with E-state index in [4.69, 9.17) is 10.5 Å². The van der Waals surface area contributed by atoms with Crippen LogP contribution < -0.4 is 10.5 Å². The Hall–Kier alpha value is -1.71. The van der Waals surface area contributed by atoms with Gasteiger partial charge in [0.15, 0.2) is 0 Å². The maximum absolute atomic E-state index is 5.97. The summed E-state index contributed by atoms with van der Waals surface area (Å²) in [6.45, 7) is 1.94. The van der Waals surface area contributed by atoms with E-state index in [0.717, 1.165) is 16.6 Å². The number of rotatable bonds is 1. The van der Waals surface area contributed by atoms with E-state index in [0.29, 0.717) is 11.4 Å². The number of hydrogen-bond acceptors (Lipinski definition) is 3. The molecule has 0 bridgehead atoms. The summed E-state index contributed by atoms with van der Waals surface area (Å²) >= 11 is 0. The molecule has 0 unspecified atom stereocenters. The molecule has 0 saturated heterocycles. The molecule has 0 radical (unpaired) electrons. The van der Waals surface area contributed by atoms with Gasteiger partial charge >= 0.3 is 0 Å². The van der Waals surface area contributed by atoms with Crippen LogP contribution in [-0.4, -0.2) is 16.9 Å². The molecule has 2 rings (SSSR count). The van der Waals surface area contributed by atoms with Crippen LogP contribution in [0.2, 0.25) is 0 Å². The predicted molar refractivity (Wildman–Crippen MR) is 56.4 cm³/mol. The van der Waals surface area contributed by atoms with E-state index >= 15 is 0 Å². The zero-order chi connectivity index (χ0) is 10.3. The van der Waals surface area contributed by atoms with Crippen LogP contribution in [-0.2, 0) is 7.05 Å². The average Bonchev–Trinajstić information content (AvgIpc) is 2.44. The number of fused-ring (bicyclic) bond motifs is 1. The number of aryl methyl sites for hydroxylation is 2. The topological polar surface area (TPSA) is 53.1 Å². The maximum Gasteiger partial charge on any atom is 0.142 e. The molecule has 0 atom stereocenters. The molecular weight excluding hydrogens is 178 g/mol. The SMILES string of the molecule is COc1ccc2c(c(C)nn2C)c1N. The number of nitrogens with zero attached hydrogens (tertiary/aromatic N) is 2. The number of nitrogen functional groups attached to an aromatic ring is 1. The molecule has 0 saturated carbocycles. The molecule has 0 aliphatic heterocycles. The van der Waals surface area contributed by atoms with Crippen molar-refractivity contribution in [2.45, 2.75) is 6.92 Å². The fourth-order valence-corrected chi connectivity index (χ4v) is 1.75. The first-order valence-electron chi connectivity index (χ1n) is 4.41. The molecule has 1 aromatic heterocycles. The number of methoxy groups -OCH3 is 1. The fraction of sp³-hybridized carbons (Fsp3) is 0.300. The van der Waals surface area contributed by atoms with Crippen LogP contribution in [0.15, 0.2) is 12.1 Å². The first-order valence-corrected chi connectivity index (χ1v) is 4.41. The highest BCUT2D eigenvalue weighted by Gasteiger charge is 2.11. The van der Waals surface area contributed by atoms with E-state index in [9.17, 15) is 0 Å². The van der Waals surface area contributed by atoms with E-state index in [1.54, 1.807) is 7.11 Å². The molecule has 2 aromatic rings.